The van der Waals surface area contributed by atoms with Crippen molar-refractivity contribution in [2.75, 3.05) is 16.3 Å². The first-order valence-corrected chi connectivity index (χ1v) is 14.5. The van der Waals surface area contributed by atoms with E-state index in [4.69, 9.17) is 0 Å². The molecule has 0 aliphatic rings. The van der Waals surface area contributed by atoms with Gasteiger partial charge in [-0.25, -0.2) is 0 Å². The molecule has 0 bridgehead atoms. The minimum atomic E-state index is 0.658. The van der Waals surface area contributed by atoms with Gasteiger partial charge in [-0.15, -0.1) is 0 Å². The number of anilines is 5. The predicted molar refractivity (Wildman–Crippen MR) is 183 cm³/mol. The minimum absolute atomic E-state index is 0.658. The van der Waals surface area contributed by atoms with Crippen molar-refractivity contribution in [3.05, 3.63) is 181 Å². The summed E-state index contributed by atoms with van der Waals surface area (Å²) in [6.07, 6.45) is 9.09. The molecule has 43 heavy (non-hydrogen) atoms. The fraction of sp³-hybridized carbons (Fsp3) is 0.0750. The Morgan fingerprint density at radius 3 is 1.93 bits per heavy atom. The summed E-state index contributed by atoms with van der Waals surface area (Å²) >= 11 is 0. The SMILES string of the molecule is C=C/C=C(\C=C/CN(c1ccccc1)c1ccc(C=O)c(C)c1)c1ccc(N(c2ccccc2)c2cccc(C)c2)cc1. The number of hydrogen-bond donors (Lipinski definition) is 0. The Bertz CT molecular complexity index is 1740. The molecular formula is C40H36N2O. The molecule has 3 heteroatoms. The highest BCUT2D eigenvalue weighted by molar-refractivity contribution is 5.81. The van der Waals surface area contributed by atoms with Crippen LogP contribution >= 0.6 is 0 Å². The molecule has 5 aromatic rings. The number of allylic oxidation sites excluding steroid dienone is 4. The molecule has 0 heterocycles. The molecule has 212 valence electrons. The van der Waals surface area contributed by atoms with E-state index in [1.165, 1.54) is 5.56 Å². The maximum atomic E-state index is 11.4. The Morgan fingerprint density at radius 1 is 0.674 bits per heavy atom. The summed E-state index contributed by atoms with van der Waals surface area (Å²) < 4.78 is 0. The highest BCUT2D eigenvalue weighted by atomic mass is 16.1. The van der Waals surface area contributed by atoms with Gasteiger partial charge < -0.3 is 9.80 Å². The Labute approximate surface area is 255 Å². The van der Waals surface area contributed by atoms with Gasteiger partial charge in [0.15, 0.2) is 0 Å². The van der Waals surface area contributed by atoms with Crippen molar-refractivity contribution in [3.8, 4) is 0 Å². The second kappa shape index (κ2) is 14.0. The molecule has 0 radical (unpaired) electrons. The molecule has 5 aromatic carbocycles. The highest BCUT2D eigenvalue weighted by Crippen LogP contribution is 2.35. The number of carbonyl (C=O) groups excluding carboxylic acids is 1. The van der Waals surface area contributed by atoms with Gasteiger partial charge in [-0.05, 0) is 103 Å². The molecule has 0 aliphatic carbocycles. The molecule has 0 atom stereocenters. The Hall–Kier alpha value is -5.41. The molecule has 0 saturated carbocycles. The average molecular weight is 561 g/mol. The third kappa shape index (κ3) is 7.09. The third-order valence-corrected chi connectivity index (χ3v) is 7.38. The van der Waals surface area contributed by atoms with Crippen LogP contribution in [0.15, 0.2) is 158 Å². The normalized spacial score (nSPS) is 11.3. The van der Waals surface area contributed by atoms with Crippen LogP contribution in [0, 0.1) is 13.8 Å². The van der Waals surface area contributed by atoms with Crippen molar-refractivity contribution in [3.63, 3.8) is 0 Å². The fourth-order valence-electron chi connectivity index (χ4n) is 5.18. The monoisotopic (exact) mass is 560 g/mol. The number of nitrogens with zero attached hydrogens (tertiary/aromatic N) is 2. The number of aldehydes is 1. The third-order valence-electron chi connectivity index (χ3n) is 7.38. The number of aryl methyl sites for hydroxylation is 2. The van der Waals surface area contributed by atoms with Crippen LogP contribution < -0.4 is 9.80 Å². The zero-order valence-electron chi connectivity index (χ0n) is 24.7. The van der Waals surface area contributed by atoms with Crippen molar-refractivity contribution in [1.29, 1.82) is 0 Å². The number of para-hydroxylation sites is 2. The molecule has 0 saturated heterocycles. The Kier molecular flexibility index (Phi) is 9.46. The number of carbonyl (C=O) groups is 1. The largest absolute Gasteiger partial charge is 0.338 e. The zero-order chi connectivity index (χ0) is 30.0. The van der Waals surface area contributed by atoms with Gasteiger partial charge in [-0.1, -0.05) is 91.5 Å². The van der Waals surface area contributed by atoms with Gasteiger partial charge in [0.1, 0.15) is 6.29 Å². The Balaban J connectivity index is 1.42. The first kappa shape index (κ1) is 29.1. The number of hydrogen-bond acceptors (Lipinski definition) is 3. The molecule has 3 nitrogen and oxygen atoms in total. The first-order chi connectivity index (χ1) is 21.1. The fourth-order valence-corrected chi connectivity index (χ4v) is 5.18. The Morgan fingerprint density at radius 2 is 1.30 bits per heavy atom. The van der Waals surface area contributed by atoms with E-state index in [0.29, 0.717) is 12.1 Å². The van der Waals surface area contributed by atoms with Crippen LogP contribution in [0.25, 0.3) is 5.57 Å². The van der Waals surface area contributed by atoms with E-state index in [-0.39, 0.29) is 0 Å². The molecule has 5 rings (SSSR count). The van der Waals surface area contributed by atoms with E-state index in [1.807, 2.05) is 55.5 Å². The van der Waals surface area contributed by atoms with Crippen LogP contribution in [0.5, 0.6) is 0 Å². The molecular weight excluding hydrogens is 524 g/mol. The van der Waals surface area contributed by atoms with E-state index >= 15 is 0 Å². The van der Waals surface area contributed by atoms with Crippen LogP contribution in [0.1, 0.15) is 27.0 Å². The van der Waals surface area contributed by atoms with Gasteiger partial charge in [0.25, 0.3) is 0 Å². The molecule has 0 aliphatic heterocycles. The van der Waals surface area contributed by atoms with Gasteiger partial charge in [0, 0.05) is 40.5 Å². The lowest BCUT2D eigenvalue weighted by Crippen LogP contribution is -2.17. The van der Waals surface area contributed by atoms with Crippen molar-refractivity contribution < 1.29 is 4.79 Å². The van der Waals surface area contributed by atoms with Crippen molar-refractivity contribution in [2.24, 2.45) is 0 Å². The second-order valence-electron chi connectivity index (χ2n) is 10.4. The lowest BCUT2D eigenvalue weighted by Gasteiger charge is -2.26. The molecule has 0 N–H and O–H groups in total. The summed E-state index contributed by atoms with van der Waals surface area (Å²) in [4.78, 5) is 15.9. The summed E-state index contributed by atoms with van der Waals surface area (Å²) in [6.45, 7) is 8.72. The van der Waals surface area contributed by atoms with Gasteiger partial charge in [-0.2, -0.15) is 0 Å². The molecule has 0 unspecified atom stereocenters. The molecule has 0 aromatic heterocycles. The summed E-state index contributed by atoms with van der Waals surface area (Å²) in [5, 5.41) is 0. The van der Waals surface area contributed by atoms with Gasteiger partial charge in [0.2, 0.25) is 0 Å². The second-order valence-corrected chi connectivity index (χ2v) is 10.4. The van der Waals surface area contributed by atoms with Crippen LogP contribution in [0.4, 0.5) is 28.4 Å². The first-order valence-electron chi connectivity index (χ1n) is 14.5. The average Bonchev–Trinajstić information content (AvgIpc) is 3.04. The van der Waals surface area contributed by atoms with E-state index in [9.17, 15) is 4.79 Å². The van der Waals surface area contributed by atoms with Crippen molar-refractivity contribution in [1.82, 2.24) is 0 Å². The van der Waals surface area contributed by atoms with E-state index in [1.54, 1.807) is 0 Å². The molecule has 0 spiro atoms. The number of benzene rings is 5. The van der Waals surface area contributed by atoms with E-state index < -0.39 is 0 Å². The van der Waals surface area contributed by atoms with Gasteiger partial charge in [-0.3, -0.25) is 4.79 Å². The zero-order valence-corrected chi connectivity index (χ0v) is 24.7. The lowest BCUT2D eigenvalue weighted by molar-refractivity contribution is 0.112. The standard InChI is InChI=1S/C40H36N2O/c1-4-13-33(15-12-27-41(36-16-7-5-8-17-36)39-26-23-35(30-43)32(3)29-39)34-21-24-38(25-22-34)42(37-18-9-6-10-19-37)40-20-11-14-31(2)28-40/h4-26,28-30H,1,27H2,2-3H3/b15-12-,33-13+. The maximum absolute atomic E-state index is 11.4. The minimum Gasteiger partial charge on any atom is -0.338 e. The summed E-state index contributed by atoms with van der Waals surface area (Å²) in [7, 11) is 0. The van der Waals surface area contributed by atoms with Crippen molar-refractivity contribution in [2.45, 2.75) is 13.8 Å². The lowest BCUT2D eigenvalue weighted by atomic mass is 10.0. The quantitative estimate of drug-likeness (QED) is 0.119. The highest BCUT2D eigenvalue weighted by Gasteiger charge is 2.13. The van der Waals surface area contributed by atoms with Crippen LogP contribution in [0.3, 0.4) is 0 Å². The summed E-state index contributed by atoms with van der Waals surface area (Å²) in [5.41, 5.74) is 10.5. The van der Waals surface area contributed by atoms with Crippen LogP contribution in [-0.2, 0) is 0 Å². The van der Waals surface area contributed by atoms with E-state index in [2.05, 4.69) is 126 Å². The van der Waals surface area contributed by atoms with Crippen LogP contribution in [0.2, 0.25) is 0 Å². The smallest absolute Gasteiger partial charge is 0.150 e. The van der Waals surface area contributed by atoms with Crippen molar-refractivity contribution >= 4 is 40.3 Å². The topological polar surface area (TPSA) is 23.6 Å². The number of rotatable bonds is 11. The predicted octanol–water partition coefficient (Wildman–Crippen LogP) is 10.5. The van der Waals surface area contributed by atoms with Crippen LogP contribution in [-0.4, -0.2) is 12.8 Å². The van der Waals surface area contributed by atoms with Gasteiger partial charge in [0.05, 0.1) is 0 Å². The summed E-state index contributed by atoms with van der Waals surface area (Å²) in [6, 6.07) is 43.9. The maximum Gasteiger partial charge on any atom is 0.150 e. The summed E-state index contributed by atoms with van der Waals surface area (Å²) in [5.74, 6) is 0. The molecule has 0 fully saturated rings. The molecule has 0 amide bonds. The van der Waals surface area contributed by atoms with Gasteiger partial charge >= 0.3 is 0 Å². The van der Waals surface area contributed by atoms with E-state index in [0.717, 1.165) is 51.4 Å².